The fourth-order valence-corrected chi connectivity index (χ4v) is 5.49. The van der Waals surface area contributed by atoms with Crippen LogP contribution >= 0.6 is 0 Å². The molecule has 0 saturated heterocycles. The van der Waals surface area contributed by atoms with Crippen molar-refractivity contribution < 1.29 is 10.3 Å². The highest BCUT2D eigenvalue weighted by atomic mass is 16.4. The summed E-state index contributed by atoms with van der Waals surface area (Å²) in [4.78, 5) is 0. The molecule has 3 heteroatoms. The zero-order valence-electron chi connectivity index (χ0n) is 14.9. The molecular weight excluding hydrogens is 298 g/mol. The molecule has 3 nitrogen and oxygen atoms in total. The Morgan fingerprint density at radius 3 is 2.88 bits per heavy atom. The first-order chi connectivity index (χ1) is 11.6. The van der Waals surface area contributed by atoms with Gasteiger partial charge in [-0.05, 0) is 88.5 Å². The number of nitrogens with zero attached hydrogens (tertiary/aromatic N) is 1. The van der Waals surface area contributed by atoms with E-state index < -0.39 is 5.60 Å². The van der Waals surface area contributed by atoms with Crippen LogP contribution in [0, 0.1) is 29.1 Å². The van der Waals surface area contributed by atoms with Crippen molar-refractivity contribution in [3.63, 3.8) is 0 Å². The van der Waals surface area contributed by atoms with Crippen LogP contribution in [0.3, 0.4) is 0 Å². The molecule has 3 aliphatic carbocycles. The summed E-state index contributed by atoms with van der Waals surface area (Å²) < 4.78 is 0. The van der Waals surface area contributed by atoms with E-state index in [-0.39, 0.29) is 5.41 Å². The third-order valence-corrected chi connectivity index (χ3v) is 6.59. The van der Waals surface area contributed by atoms with Gasteiger partial charge < -0.3 is 10.3 Å². The van der Waals surface area contributed by atoms with Crippen molar-refractivity contribution in [1.82, 2.24) is 0 Å². The van der Waals surface area contributed by atoms with Gasteiger partial charge in [0.05, 0.1) is 5.71 Å². The second-order valence-electron chi connectivity index (χ2n) is 7.75. The molecule has 1 unspecified atom stereocenters. The van der Waals surface area contributed by atoms with Gasteiger partial charge in [-0.15, -0.1) is 5.92 Å². The second kappa shape index (κ2) is 6.76. The SMILES string of the molecule is CC#C[C@@]1(O)CC[C@@]2(CC=CC)C3CCC(=NO)C=C3CC[C@@H]2C1. The van der Waals surface area contributed by atoms with Gasteiger partial charge in [0.15, 0.2) is 0 Å². The average Bonchev–Trinajstić information content (AvgIpc) is 2.59. The van der Waals surface area contributed by atoms with E-state index >= 15 is 0 Å². The number of rotatable bonds is 2. The van der Waals surface area contributed by atoms with Gasteiger partial charge in [-0.3, -0.25) is 0 Å². The van der Waals surface area contributed by atoms with E-state index in [4.69, 9.17) is 5.21 Å². The van der Waals surface area contributed by atoms with Crippen molar-refractivity contribution in [3.8, 4) is 11.8 Å². The van der Waals surface area contributed by atoms with Crippen molar-refractivity contribution >= 4 is 5.71 Å². The number of hydrogen-bond donors (Lipinski definition) is 2. The van der Waals surface area contributed by atoms with Crippen molar-refractivity contribution in [1.29, 1.82) is 0 Å². The minimum absolute atomic E-state index is 0.235. The Hall–Kier alpha value is -1.53. The predicted octanol–water partition coefficient (Wildman–Crippen LogP) is 4.45. The monoisotopic (exact) mass is 327 g/mol. The first-order valence-electron chi connectivity index (χ1n) is 9.26. The molecule has 24 heavy (non-hydrogen) atoms. The summed E-state index contributed by atoms with van der Waals surface area (Å²) in [5.41, 5.74) is 1.72. The molecule has 0 amide bonds. The van der Waals surface area contributed by atoms with E-state index in [1.807, 2.05) is 6.92 Å². The second-order valence-corrected chi connectivity index (χ2v) is 7.75. The molecule has 0 aromatic rings. The minimum Gasteiger partial charge on any atom is -0.411 e. The van der Waals surface area contributed by atoms with E-state index in [1.165, 1.54) is 5.57 Å². The lowest BCUT2D eigenvalue weighted by Gasteiger charge is -2.57. The molecule has 0 heterocycles. The Labute approximate surface area is 145 Å². The van der Waals surface area contributed by atoms with E-state index in [1.54, 1.807) is 0 Å². The Morgan fingerprint density at radius 1 is 1.33 bits per heavy atom. The molecule has 130 valence electrons. The van der Waals surface area contributed by atoms with Gasteiger partial charge >= 0.3 is 0 Å². The summed E-state index contributed by atoms with van der Waals surface area (Å²) >= 11 is 0. The van der Waals surface area contributed by atoms with Crippen LogP contribution in [0.5, 0.6) is 0 Å². The summed E-state index contributed by atoms with van der Waals surface area (Å²) in [5, 5.41) is 23.4. The molecular formula is C21H29NO2. The molecule has 2 fully saturated rings. The number of fused-ring (bicyclic) bond motifs is 3. The number of hydrogen-bond acceptors (Lipinski definition) is 3. The topological polar surface area (TPSA) is 52.8 Å². The quantitative estimate of drug-likeness (QED) is 0.341. The molecule has 0 radical (unpaired) electrons. The van der Waals surface area contributed by atoms with Gasteiger partial charge in [-0.25, -0.2) is 0 Å². The standard InChI is InChI=1S/C21H29NO2/c1-3-5-11-21-13-12-20(23,10-4-2)15-17(21)7-6-16-14-18(22-24)8-9-19(16)21/h3,5,14,17,19,23-24H,6-9,11-13,15H2,1-2H3/t17-,19?,20-,21-/m1/s1. The van der Waals surface area contributed by atoms with Crippen molar-refractivity contribution in [3.05, 3.63) is 23.8 Å². The van der Waals surface area contributed by atoms with E-state index in [2.05, 4.69) is 42.1 Å². The molecule has 0 bridgehead atoms. The molecule has 0 spiro atoms. The maximum atomic E-state index is 10.9. The van der Waals surface area contributed by atoms with Crippen molar-refractivity contribution in [2.75, 3.05) is 0 Å². The zero-order valence-corrected chi connectivity index (χ0v) is 14.9. The van der Waals surface area contributed by atoms with Gasteiger partial charge in [-0.1, -0.05) is 28.8 Å². The molecule has 0 aromatic heterocycles. The molecule has 3 aliphatic rings. The number of allylic oxidation sites excluding steroid dienone is 4. The molecule has 0 aliphatic heterocycles. The third kappa shape index (κ3) is 2.93. The maximum Gasteiger partial charge on any atom is 0.125 e. The lowest BCUT2D eigenvalue weighted by Crippen LogP contribution is -2.51. The van der Waals surface area contributed by atoms with Crippen LogP contribution in [0.15, 0.2) is 29.0 Å². The first-order valence-corrected chi connectivity index (χ1v) is 9.26. The largest absolute Gasteiger partial charge is 0.411 e. The highest BCUT2D eigenvalue weighted by molar-refractivity contribution is 5.96. The zero-order chi connectivity index (χ0) is 17.2. The van der Waals surface area contributed by atoms with E-state index in [0.717, 1.165) is 57.1 Å². The van der Waals surface area contributed by atoms with Crippen LogP contribution in [0.1, 0.15) is 65.2 Å². The van der Waals surface area contributed by atoms with Crippen LogP contribution in [0.2, 0.25) is 0 Å². The normalized spacial score (nSPS) is 40.5. The highest BCUT2D eigenvalue weighted by Gasteiger charge is 2.54. The fourth-order valence-electron chi connectivity index (χ4n) is 5.49. The van der Waals surface area contributed by atoms with Crippen LogP contribution in [0.25, 0.3) is 0 Å². The van der Waals surface area contributed by atoms with Crippen LogP contribution in [0.4, 0.5) is 0 Å². The highest BCUT2D eigenvalue weighted by Crippen LogP contribution is 2.61. The number of oxime groups is 1. The van der Waals surface area contributed by atoms with Crippen LogP contribution in [-0.4, -0.2) is 21.6 Å². The summed E-state index contributed by atoms with van der Waals surface area (Å²) in [6.07, 6.45) is 14.4. The summed E-state index contributed by atoms with van der Waals surface area (Å²) in [7, 11) is 0. The third-order valence-electron chi connectivity index (χ3n) is 6.59. The molecule has 2 saturated carbocycles. The lowest BCUT2D eigenvalue weighted by atomic mass is 9.48. The smallest absolute Gasteiger partial charge is 0.125 e. The first kappa shape index (κ1) is 17.3. The summed E-state index contributed by atoms with van der Waals surface area (Å²) in [5.74, 6) is 7.08. The minimum atomic E-state index is -0.799. The Kier molecular flexibility index (Phi) is 4.88. The molecule has 2 N–H and O–H groups in total. The van der Waals surface area contributed by atoms with Crippen LogP contribution in [-0.2, 0) is 0 Å². The Bertz CT molecular complexity index is 636. The predicted molar refractivity (Wildman–Crippen MR) is 96.9 cm³/mol. The lowest BCUT2D eigenvalue weighted by molar-refractivity contribution is -0.0693. The van der Waals surface area contributed by atoms with E-state index in [9.17, 15) is 5.11 Å². The Morgan fingerprint density at radius 2 is 2.17 bits per heavy atom. The van der Waals surface area contributed by atoms with Gasteiger partial charge in [-0.2, -0.15) is 0 Å². The molecule has 4 atom stereocenters. The summed E-state index contributed by atoms with van der Waals surface area (Å²) in [6, 6.07) is 0. The average molecular weight is 327 g/mol. The van der Waals surface area contributed by atoms with Crippen molar-refractivity contribution in [2.24, 2.45) is 22.4 Å². The van der Waals surface area contributed by atoms with Gasteiger partial charge in [0, 0.05) is 0 Å². The van der Waals surface area contributed by atoms with Gasteiger partial charge in [0.2, 0.25) is 0 Å². The van der Waals surface area contributed by atoms with Gasteiger partial charge in [0.1, 0.15) is 5.60 Å². The van der Waals surface area contributed by atoms with Crippen molar-refractivity contribution in [2.45, 2.75) is 70.8 Å². The fraction of sp³-hybridized carbons (Fsp3) is 0.667. The molecule has 0 aromatic carbocycles. The van der Waals surface area contributed by atoms with Gasteiger partial charge in [0.25, 0.3) is 0 Å². The summed E-state index contributed by atoms with van der Waals surface area (Å²) in [6.45, 7) is 3.91. The number of aliphatic hydroxyl groups is 1. The maximum absolute atomic E-state index is 10.9. The molecule has 3 rings (SSSR count). The van der Waals surface area contributed by atoms with Crippen LogP contribution < -0.4 is 0 Å². The Balaban J connectivity index is 1.96. The van der Waals surface area contributed by atoms with E-state index in [0.29, 0.717) is 11.8 Å².